The summed E-state index contributed by atoms with van der Waals surface area (Å²) >= 11 is 6.28. The van der Waals surface area contributed by atoms with Gasteiger partial charge in [0.25, 0.3) is 0 Å². The van der Waals surface area contributed by atoms with E-state index in [1.807, 2.05) is 19.1 Å². The van der Waals surface area contributed by atoms with Gasteiger partial charge in [-0.15, -0.1) is 0 Å². The Morgan fingerprint density at radius 1 is 1.09 bits per heavy atom. The van der Waals surface area contributed by atoms with Gasteiger partial charge in [0.15, 0.2) is 9.84 Å². The molecule has 5 nitrogen and oxygen atoms in total. The predicted molar refractivity (Wildman–Crippen MR) is 136 cm³/mol. The fraction of sp³-hybridized carbons (Fsp3) is 0.192. The fourth-order valence-corrected chi connectivity index (χ4v) is 4.15. The average molecular weight is 501 g/mol. The first-order valence-corrected chi connectivity index (χ1v) is 12.7. The monoisotopic (exact) mass is 500 g/mol. The molecule has 0 radical (unpaired) electrons. The highest BCUT2D eigenvalue weighted by Crippen LogP contribution is 2.30. The third-order valence-electron chi connectivity index (χ3n) is 5.25. The number of sulfone groups is 1. The van der Waals surface area contributed by atoms with Crippen LogP contribution in [0.4, 0.5) is 10.1 Å². The standard InChI is InChI=1S/C26H26ClFN2O3S/c1-16-13-18(17-7-5-8-19(14-17)34(4,32)33)11-12-22(16)30-23(15-24(29)26(2,3)31)25-20(27)9-6-10-21(25)28/h5-15,31H,29H2,1-4H3. The summed E-state index contributed by atoms with van der Waals surface area (Å²) < 4.78 is 38.6. The minimum Gasteiger partial charge on any atom is -0.400 e. The summed E-state index contributed by atoms with van der Waals surface area (Å²) in [5.41, 5.74) is 7.88. The largest absolute Gasteiger partial charge is 0.400 e. The molecule has 0 atom stereocenters. The Morgan fingerprint density at radius 3 is 2.32 bits per heavy atom. The Morgan fingerprint density at radius 2 is 1.74 bits per heavy atom. The van der Waals surface area contributed by atoms with E-state index >= 15 is 0 Å². The Kier molecular flexibility index (Phi) is 7.31. The van der Waals surface area contributed by atoms with E-state index in [1.165, 1.54) is 32.1 Å². The van der Waals surface area contributed by atoms with Crippen LogP contribution in [0.3, 0.4) is 0 Å². The maximum absolute atomic E-state index is 14.7. The molecule has 3 rings (SSSR count). The second-order valence-electron chi connectivity index (χ2n) is 8.55. The number of allylic oxidation sites excluding steroid dienone is 1. The Balaban J connectivity index is 2.14. The first-order valence-electron chi connectivity index (χ1n) is 10.4. The van der Waals surface area contributed by atoms with Crippen LogP contribution in [0.5, 0.6) is 0 Å². The summed E-state index contributed by atoms with van der Waals surface area (Å²) in [6, 6.07) is 16.4. The van der Waals surface area contributed by atoms with E-state index in [4.69, 9.17) is 17.3 Å². The van der Waals surface area contributed by atoms with Gasteiger partial charge in [-0.3, -0.25) is 0 Å². The molecule has 0 spiro atoms. The highest BCUT2D eigenvalue weighted by Gasteiger charge is 2.20. The molecular formula is C26H26ClFN2O3S. The SMILES string of the molecule is Cc1cc(-c2cccc(S(C)(=O)=O)c2)ccc1N=C(C=C(N)C(C)(C)O)c1c(F)cccc1Cl. The number of nitrogens with zero attached hydrogens (tertiary/aromatic N) is 1. The number of hydrogen-bond donors (Lipinski definition) is 2. The van der Waals surface area contributed by atoms with Gasteiger partial charge < -0.3 is 10.8 Å². The molecule has 3 aromatic carbocycles. The summed E-state index contributed by atoms with van der Waals surface area (Å²) in [5.74, 6) is -0.571. The number of aliphatic hydroxyl groups is 1. The molecule has 0 heterocycles. The lowest BCUT2D eigenvalue weighted by Gasteiger charge is -2.18. The minimum atomic E-state index is -3.34. The number of aryl methyl sites for hydroxylation is 1. The van der Waals surface area contributed by atoms with E-state index in [9.17, 15) is 17.9 Å². The van der Waals surface area contributed by atoms with Crippen LogP contribution < -0.4 is 5.73 Å². The van der Waals surface area contributed by atoms with Crippen LogP contribution in [0.2, 0.25) is 5.02 Å². The molecule has 0 saturated carbocycles. The summed E-state index contributed by atoms with van der Waals surface area (Å²) in [7, 11) is -3.34. The topological polar surface area (TPSA) is 92.8 Å². The van der Waals surface area contributed by atoms with Crippen LogP contribution in [-0.4, -0.2) is 31.1 Å². The summed E-state index contributed by atoms with van der Waals surface area (Å²) in [6.45, 7) is 4.88. The van der Waals surface area contributed by atoms with Gasteiger partial charge in [0, 0.05) is 12.0 Å². The molecule has 3 N–H and O–H groups in total. The van der Waals surface area contributed by atoms with E-state index in [0.717, 1.165) is 22.9 Å². The highest BCUT2D eigenvalue weighted by molar-refractivity contribution is 7.90. The van der Waals surface area contributed by atoms with E-state index in [2.05, 4.69) is 4.99 Å². The number of halogens is 2. The van der Waals surface area contributed by atoms with Crippen molar-refractivity contribution in [1.82, 2.24) is 0 Å². The fourth-order valence-electron chi connectivity index (χ4n) is 3.22. The van der Waals surface area contributed by atoms with Gasteiger partial charge >= 0.3 is 0 Å². The van der Waals surface area contributed by atoms with Gasteiger partial charge in [-0.25, -0.2) is 17.8 Å². The second kappa shape index (κ2) is 9.70. The predicted octanol–water partition coefficient (Wildman–Crippen LogP) is 5.59. The lowest BCUT2D eigenvalue weighted by molar-refractivity contribution is 0.118. The molecule has 0 aliphatic heterocycles. The zero-order chi connectivity index (χ0) is 25.3. The number of nitrogens with two attached hydrogens (primary N) is 1. The lowest BCUT2D eigenvalue weighted by atomic mass is 10.0. The maximum Gasteiger partial charge on any atom is 0.175 e. The van der Waals surface area contributed by atoms with E-state index < -0.39 is 21.3 Å². The quantitative estimate of drug-likeness (QED) is 0.431. The minimum absolute atomic E-state index is 0.0701. The Bertz CT molecular complexity index is 1390. The van der Waals surface area contributed by atoms with E-state index in [0.29, 0.717) is 5.69 Å². The van der Waals surface area contributed by atoms with Crippen molar-refractivity contribution in [3.05, 3.63) is 94.4 Å². The van der Waals surface area contributed by atoms with Crippen LogP contribution in [-0.2, 0) is 9.84 Å². The molecule has 0 amide bonds. The number of rotatable bonds is 6. The van der Waals surface area contributed by atoms with Crippen molar-refractivity contribution in [2.45, 2.75) is 31.3 Å². The number of hydrogen-bond acceptors (Lipinski definition) is 5. The molecule has 0 unspecified atom stereocenters. The third kappa shape index (κ3) is 5.91. The second-order valence-corrected chi connectivity index (χ2v) is 11.0. The molecule has 0 fully saturated rings. The van der Waals surface area contributed by atoms with Crippen molar-refractivity contribution >= 4 is 32.8 Å². The molecule has 3 aromatic rings. The first kappa shape index (κ1) is 25.6. The van der Waals surface area contributed by atoms with Gasteiger partial charge in [0.2, 0.25) is 0 Å². The van der Waals surface area contributed by atoms with Crippen molar-refractivity contribution in [3.63, 3.8) is 0 Å². The summed E-state index contributed by atoms with van der Waals surface area (Å²) in [5, 5.41) is 10.4. The van der Waals surface area contributed by atoms with Crippen molar-refractivity contribution in [1.29, 1.82) is 0 Å². The number of benzene rings is 3. The van der Waals surface area contributed by atoms with Gasteiger partial charge in [-0.1, -0.05) is 35.9 Å². The van der Waals surface area contributed by atoms with Crippen LogP contribution in [0, 0.1) is 12.7 Å². The van der Waals surface area contributed by atoms with Gasteiger partial charge in [-0.2, -0.15) is 0 Å². The third-order valence-corrected chi connectivity index (χ3v) is 6.68. The first-order chi connectivity index (χ1) is 15.8. The normalized spacial score (nSPS) is 13.3. The Labute approximate surface area is 204 Å². The van der Waals surface area contributed by atoms with Crippen molar-refractivity contribution in [2.75, 3.05) is 6.26 Å². The highest BCUT2D eigenvalue weighted by atomic mass is 35.5. The molecule has 0 saturated heterocycles. The van der Waals surface area contributed by atoms with Crippen molar-refractivity contribution in [3.8, 4) is 11.1 Å². The zero-order valence-corrected chi connectivity index (χ0v) is 20.9. The molecule has 8 heteroatoms. The van der Waals surface area contributed by atoms with E-state index in [1.54, 1.807) is 36.4 Å². The van der Waals surface area contributed by atoms with Gasteiger partial charge in [-0.05, 0) is 79.9 Å². The average Bonchev–Trinajstić information content (AvgIpc) is 2.73. The van der Waals surface area contributed by atoms with Crippen LogP contribution in [0.25, 0.3) is 11.1 Å². The molecule has 0 bridgehead atoms. The van der Waals surface area contributed by atoms with Crippen LogP contribution >= 0.6 is 11.6 Å². The molecule has 178 valence electrons. The van der Waals surface area contributed by atoms with Gasteiger partial charge in [0.05, 0.1) is 32.5 Å². The van der Waals surface area contributed by atoms with Crippen LogP contribution in [0.1, 0.15) is 25.0 Å². The number of aliphatic imine (C=N–C) groups is 1. The van der Waals surface area contributed by atoms with Crippen molar-refractivity contribution in [2.24, 2.45) is 10.7 Å². The molecule has 0 aliphatic rings. The van der Waals surface area contributed by atoms with Crippen LogP contribution in [0.15, 0.2) is 82.3 Å². The van der Waals surface area contributed by atoms with E-state index in [-0.39, 0.29) is 26.9 Å². The molecule has 34 heavy (non-hydrogen) atoms. The maximum atomic E-state index is 14.7. The molecule has 0 aliphatic carbocycles. The lowest BCUT2D eigenvalue weighted by Crippen LogP contribution is -2.28. The summed E-state index contributed by atoms with van der Waals surface area (Å²) in [4.78, 5) is 4.85. The molecular weight excluding hydrogens is 475 g/mol. The smallest absolute Gasteiger partial charge is 0.175 e. The summed E-state index contributed by atoms with van der Waals surface area (Å²) in [6.07, 6.45) is 2.57. The van der Waals surface area contributed by atoms with Crippen molar-refractivity contribution < 1.29 is 17.9 Å². The zero-order valence-electron chi connectivity index (χ0n) is 19.3. The molecule has 0 aromatic heterocycles. The Hall–Kier alpha value is -3.00. The van der Waals surface area contributed by atoms with Gasteiger partial charge in [0.1, 0.15) is 5.82 Å².